The van der Waals surface area contributed by atoms with Gasteiger partial charge in [-0.2, -0.15) is 0 Å². The molecule has 0 fully saturated rings. The summed E-state index contributed by atoms with van der Waals surface area (Å²) in [6, 6.07) is 0. The molecule has 0 saturated carbocycles. The third kappa shape index (κ3) is 15.4. The number of carbonyl (C=O) groups excluding carboxylic acids is 2. The van der Waals surface area contributed by atoms with Crippen LogP contribution in [-0.4, -0.2) is 31.0 Å². The lowest BCUT2D eigenvalue weighted by Crippen LogP contribution is -2.15. The highest BCUT2D eigenvalue weighted by molar-refractivity contribution is 6.17. The highest BCUT2D eigenvalue weighted by atomic mass is 35.5. The molecule has 0 aliphatic rings. The summed E-state index contributed by atoms with van der Waals surface area (Å²) < 4.78 is 9.95. The summed E-state index contributed by atoms with van der Waals surface area (Å²) in [4.78, 5) is 22.7. The number of halogens is 1. The van der Waals surface area contributed by atoms with E-state index in [0.29, 0.717) is 13.2 Å². The SMILES string of the molecule is CCCCCOC(=O)CC(=O)OCCCCCCCCCl. The molecule has 0 heterocycles. The highest BCUT2D eigenvalue weighted by Crippen LogP contribution is 2.06. The summed E-state index contributed by atoms with van der Waals surface area (Å²) in [5.74, 6) is -0.249. The fourth-order valence-electron chi connectivity index (χ4n) is 1.85. The minimum Gasteiger partial charge on any atom is -0.465 e. The molecule has 0 N–H and O–H groups in total. The summed E-state index contributed by atoms with van der Waals surface area (Å²) in [7, 11) is 0. The number of alkyl halides is 1. The third-order valence-electron chi connectivity index (χ3n) is 3.09. The Hall–Kier alpha value is -0.770. The normalized spacial score (nSPS) is 10.4. The molecule has 0 atom stereocenters. The Morgan fingerprint density at radius 1 is 0.762 bits per heavy atom. The van der Waals surface area contributed by atoms with Crippen molar-refractivity contribution in [3.63, 3.8) is 0 Å². The van der Waals surface area contributed by atoms with Gasteiger partial charge in [0.25, 0.3) is 0 Å². The Kier molecular flexibility index (Phi) is 15.0. The van der Waals surface area contributed by atoms with Crippen LogP contribution in [0.3, 0.4) is 0 Å². The van der Waals surface area contributed by atoms with E-state index in [1.165, 1.54) is 6.42 Å². The maximum Gasteiger partial charge on any atom is 0.317 e. The Labute approximate surface area is 133 Å². The number of hydrogen-bond acceptors (Lipinski definition) is 4. The van der Waals surface area contributed by atoms with Crippen LogP contribution < -0.4 is 0 Å². The molecule has 0 bridgehead atoms. The van der Waals surface area contributed by atoms with Gasteiger partial charge in [-0.3, -0.25) is 9.59 Å². The minimum absolute atomic E-state index is 0.276. The first-order valence-corrected chi connectivity index (χ1v) is 8.61. The van der Waals surface area contributed by atoms with Crippen LogP contribution in [0, 0.1) is 0 Å². The summed E-state index contributed by atoms with van der Waals surface area (Å²) in [5.41, 5.74) is 0. The van der Waals surface area contributed by atoms with E-state index in [1.807, 2.05) is 0 Å². The van der Waals surface area contributed by atoms with Crippen molar-refractivity contribution in [2.45, 2.75) is 71.1 Å². The Morgan fingerprint density at radius 3 is 1.76 bits per heavy atom. The molecule has 0 aliphatic heterocycles. The third-order valence-corrected chi connectivity index (χ3v) is 3.36. The number of esters is 2. The van der Waals surface area contributed by atoms with Gasteiger partial charge in [-0.05, 0) is 19.3 Å². The molecule has 0 aromatic heterocycles. The average molecular weight is 321 g/mol. The first-order chi connectivity index (χ1) is 10.2. The van der Waals surface area contributed by atoms with Crippen molar-refractivity contribution in [2.24, 2.45) is 0 Å². The molecule has 5 heteroatoms. The number of hydrogen-bond donors (Lipinski definition) is 0. The number of unbranched alkanes of at least 4 members (excludes halogenated alkanes) is 7. The van der Waals surface area contributed by atoms with Crippen molar-refractivity contribution in [2.75, 3.05) is 19.1 Å². The minimum atomic E-state index is -0.489. The first kappa shape index (κ1) is 20.2. The first-order valence-electron chi connectivity index (χ1n) is 8.08. The van der Waals surface area contributed by atoms with Gasteiger partial charge in [0.05, 0.1) is 13.2 Å². The van der Waals surface area contributed by atoms with Crippen LogP contribution in [0.5, 0.6) is 0 Å². The molecule has 0 radical (unpaired) electrons. The van der Waals surface area contributed by atoms with Gasteiger partial charge in [0.15, 0.2) is 0 Å². The van der Waals surface area contributed by atoms with Crippen LogP contribution in [0.15, 0.2) is 0 Å². The topological polar surface area (TPSA) is 52.6 Å². The largest absolute Gasteiger partial charge is 0.465 e. The van der Waals surface area contributed by atoms with Crippen LogP contribution in [0.2, 0.25) is 0 Å². The highest BCUT2D eigenvalue weighted by Gasteiger charge is 2.11. The van der Waals surface area contributed by atoms with Gasteiger partial charge in [-0.1, -0.05) is 45.4 Å². The molecular formula is C16H29ClO4. The van der Waals surface area contributed by atoms with E-state index in [-0.39, 0.29) is 6.42 Å². The lowest BCUT2D eigenvalue weighted by Gasteiger charge is -2.06. The van der Waals surface area contributed by atoms with E-state index in [9.17, 15) is 9.59 Å². The van der Waals surface area contributed by atoms with Crippen LogP contribution in [-0.2, 0) is 19.1 Å². The predicted octanol–water partition coefficient (Wildman–Crippen LogP) is 4.23. The summed E-state index contributed by atoms with van der Waals surface area (Å²) in [6.07, 6.45) is 9.09. The van der Waals surface area contributed by atoms with Crippen molar-refractivity contribution < 1.29 is 19.1 Å². The zero-order valence-electron chi connectivity index (χ0n) is 13.2. The molecule has 0 amide bonds. The van der Waals surface area contributed by atoms with E-state index < -0.39 is 11.9 Å². The molecular weight excluding hydrogens is 292 g/mol. The summed E-state index contributed by atoms with van der Waals surface area (Å²) in [6.45, 7) is 2.86. The molecule has 4 nitrogen and oxygen atoms in total. The van der Waals surface area contributed by atoms with Gasteiger partial charge in [-0.25, -0.2) is 0 Å². The number of carbonyl (C=O) groups is 2. The van der Waals surface area contributed by atoms with E-state index in [2.05, 4.69) is 6.92 Å². The van der Waals surface area contributed by atoms with Crippen molar-refractivity contribution in [1.29, 1.82) is 0 Å². The van der Waals surface area contributed by atoms with E-state index >= 15 is 0 Å². The average Bonchev–Trinajstić information content (AvgIpc) is 2.46. The molecule has 0 aromatic carbocycles. The second kappa shape index (κ2) is 15.6. The zero-order valence-corrected chi connectivity index (χ0v) is 14.0. The fourth-order valence-corrected chi connectivity index (χ4v) is 2.04. The second-order valence-electron chi connectivity index (χ2n) is 5.14. The van der Waals surface area contributed by atoms with Gasteiger partial charge < -0.3 is 9.47 Å². The maximum atomic E-state index is 11.4. The lowest BCUT2D eigenvalue weighted by atomic mass is 10.1. The van der Waals surface area contributed by atoms with Gasteiger partial charge in [-0.15, -0.1) is 11.6 Å². The van der Waals surface area contributed by atoms with Crippen molar-refractivity contribution in [3.05, 3.63) is 0 Å². The Morgan fingerprint density at radius 2 is 1.24 bits per heavy atom. The van der Waals surface area contributed by atoms with Crippen LogP contribution in [0.4, 0.5) is 0 Å². The molecule has 0 aromatic rings. The smallest absolute Gasteiger partial charge is 0.317 e. The Bertz CT molecular complexity index is 269. The quantitative estimate of drug-likeness (QED) is 0.208. The van der Waals surface area contributed by atoms with Crippen molar-refractivity contribution >= 4 is 23.5 Å². The molecule has 0 spiro atoms. The van der Waals surface area contributed by atoms with Crippen LogP contribution in [0.1, 0.15) is 71.1 Å². The van der Waals surface area contributed by atoms with Gasteiger partial charge in [0.1, 0.15) is 6.42 Å². The second-order valence-corrected chi connectivity index (χ2v) is 5.51. The van der Waals surface area contributed by atoms with E-state index in [1.54, 1.807) is 0 Å². The lowest BCUT2D eigenvalue weighted by molar-refractivity contribution is -0.154. The predicted molar refractivity (Wildman–Crippen MR) is 84.5 cm³/mol. The van der Waals surface area contributed by atoms with Gasteiger partial charge in [0.2, 0.25) is 0 Å². The van der Waals surface area contributed by atoms with Crippen LogP contribution in [0.25, 0.3) is 0 Å². The fraction of sp³-hybridized carbons (Fsp3) is 0.875. The van der Waals surface area contributed by atoms with E-state index in [0.717, 1.165) is 57.2 Å². The molecule has 0 aliphatic carbocycles. The summed E-state index contributed by atoms with van der Waals surface area (Å²) in [5, 5.41) is 0. The summed E-state index contributed by atoms with van der Waals surface area (Å²) >= 11 is 5.59. The maximum absolute atomic E-state index is 11.4. The molecule has 21 heavy (non-hydrogen) atoms. The molecule has 0 saturated heterocycles. The Balaban J connectivity index is 3.35. The van der Waals surface area contributed by atoms with Crippen molar-refractivity contribution in [3.8, 4) is 0 Å². The van der Waals surface area contributed by atoms with Gasteiger partial charge >= 0.3 is 11.9 Å². The van der Waals surface area contributed by atoms with Crippen LogP contribution >= 0.6 is 11.6 Å². The standard InChI is InChI=1S/C16H29ClO4/c1-2-3-9-12-20-15(18)14-16(19)21-13-10-7-5-4-6-8-11-17/h2-14H2,1H3. The zero-order chi connectivity index (χ0) is 15.8. The monoisotopic (exact) mass is 320 g/mol. The number of ether oxygens (including phenoxy) is 2. The molecule has 0 rings (SSSR count). The van der Waals surface area contributed by atoms with Crippen molar-refractivity contribution in [1.82, 2.24) is 0 Å². The number of rotatable bonds is 14. The molecule has 0 unspecified atom stereocenters. The van der Waals surface area contributed by atoms with E-state index in [4.69, 9.17) is 21.1 Å². The molecule has 124 valence electrons. The van der Waals surface area contributed by atoms with Gasteiger partial charge in [0, 0.05) is 5.88 Å².